The summed E-state index contributed by atoms with van der Waals surface area (Å²) in [6.07, 6.45) is 2.09. The van der Waals surface area contributed by atoms with Gasteiger partial charge in [-0.05, 0) is 65.1 Å². The number of rotatable bonds is 10. The summed E-state index contributed by atoms with van der Waals surface area (Å²) in [5.74, 6) is 0.563. The first-order valence-corrected chi connectivity index (χ1v) is 13.7. The summed E-state index contributed by atoms with van der Waals surface area (Å²) < 4.78 is 5.28. The van der Waals surface area contributed by atoms with E-state index in [0.717, 1.165) is 17.7 Å². The van der Waals surface area contributed by atoms with E-state index in [4.69, 9.17) is 22.1 Å². The molecule has 1 amide bonds. The molecule has 0 saturated carbocycles. The molecule has 4 rings (SSSR count). The van der Waals surface area contributed by atoms with Gasteiger partial charge in [0, 0.05) is 30.7 Å². The molecule has 1 aliphatic rings. The standard InChI is InChI=1S/C32H40ClN3O2/c1-31(2,3)26-13-9-23(10-14-26)17-18-32(30(34)37)19-27(35-20-24-11-15-28(38-4)16-12-24)22-36(32)21-25-7-5-6-8-29(25)33/h5-16,27,35H,17-22H2,1-4H3,(H2,34,37). The van der Waals surface area contributed by atoms with Crippen molar-refractivity contribution >= 4 is 17.5 Å². The van der Waals surface area contributed by atoms with Crippen molar-refractivity contribution in [2.75, 3.05) is 13.7 Å². The molecule has 38 heavy (non-hydrogen) atoms. The quantitative estimate of drug-likeness (QED) is 0.342. The highest BCUT2D eigenvalue weighted by atomic mass is 35.5. The third kappa shape index (κ3) is 6.58. The maximum Gasteiger partial charge on any atom is 0.238 e. The van der Waals surface area contributed by atoms with Crippen LogP contribution in [0.4, 0.5) is 0 Å². The summed E-state index contributed by atoms with van der Waals surface area (Å²) in [4.78, 5) is 15.5. The van der Waals surface area contributed by atoms with Crippen molar-refractivity contribution in [1.82, 2.24) is 10.2 Å². The van der Waals surface area contributed by atoms with Crippen LogP contribution in [0, 0.1) is 0 Å². The number of benzene rings is 3. The van der Waals surface area contributed by atoms with E-state index < -0.39 is 5.54 Å². The zero-order valence-corrected chi connectivity index (χ0v) is 23.7. The second-order valence-corrected chi connectivity index (χ2v) is 11.9. The number of methoxy groups -OCH3 is 1. The van der Waals surface area contributed by atoms with E-state index in [0.29, 0.717) is 37.5 Å². The molecule has 0 bridgehead atoms. The van der Waals surface area contributed by atoms with Crippen LogP contribution in [0.3, 0.4) is 0 Å². The lowest BCUT2D eigenvalue weighted by Gasteiger charge is -2.36. The van der Waals surface area contributed by atoms with Crippen LogP contribution in [0.1, 0.15) is 55.9 Å². The van der Waals surface area contributed by atoms with E-state index in [2.05, 4.69) is 67.4 Å². The van der Waals surface area contributed by atoms with Crippen molar-refractivity contribution in [2.24, 2.45) is 5.73 Å². The van der Waals surface area contributed by atoms with Crippen LogP contribution < -0.4 is 15.8 Å². The van der Waals surface area contributed by atoms with E-state index in [9.17, 15) is 4.79 Å². The van der Waals surface area contributed by atoms with Gasteiger partial charge in [-0.25, -0.2) is 0 Å². The zero-order valence-electron chi connectivity index (χ0n) is 23.0. The molecule has 5 nitrogen and oxygen atoms in total. The van der Waals surface area contributed by atoms with E-state index in [1.165, 1.54) is 16.7 Å². The van der Waals surface area contributed by atoms with Crippen molar-refractivity contribution in [3.8, 4) is 5.75 Å². The van der Waals surface area contributed by atoms with Gasteiger partial charge in [-0.2, -0.15) is 0 Å². The van der Waals surface area contributed by atoms with Crippen LogP contribution in [0.2, 0.25) is 5.02 Å². The Bertz CT molecular complexity index is 1220. The van der Waals surface area contributed by atoms with Gasteiger partial charge in [0.1, 0.15) is 11.3 Å². The Morgan fingerprint density at radius 2 is 1.71 bits per heavy atom. The van der Waals surface area contributed by atoms with E-state index in [1.807, 2.05) is 36.4 Å². The molecule has 2 unspecified atom stereocenters. The molecule has 2 atom stereocenters. The lowest BCUT2D eigenvalue weighted by atomic mass is 9.84. The maximum absolute atomic E-state index is 13.2. The van der Waals surface area contributed by atoms with Gasteiger partial charge in [0.2, 0.25) is 5.91 Å². The number of likely N-dealkylation sites (tertiary alicyclic amines) is 1. The van der Waals surface area contributed by atoms with Crippen molar-refractivity contribution in [3.05, 3.63) is 100 Å². The van der Waals surface area contributed by atoms with Crippen LogP contribution in [-0.2, 0) is 29.7 Å². The SMILES string of the molecule is COc1ccc(CNC2CN(Cc3ccccc3Cl)C(CCc3ccc(C(C)(C)C)cc3)(C(N)=O)C2)cc1. The number of nitrogens with one attached hydrogen (secondary N) is 1. The maximum atomic E-state index is 13.2. The smallest absolute Gasteiger partial charge is 0.238 e. The van der Waals surface area contributed by atoms with Crippen molar-refractivity contribution in [3.63, 3.8) is 0 Å². The normalized spacial score (nSPS) is 20.0. The highest BCUT2D eigenvalue weighted by Crippen LogP contribution is 2.36. The summed E-state index contributed by atoms with van der Waals surface area (Å²) in [5.41, 5.74) is 10.2. The number of aryl methyl sites for hydroxylation is 1. The Balaban J connectivity index is 1.54. The Morgan fingerprint density at radius 1 is 1.05 bits per heavy atom. The van der Waals surface area contributed by atoms with E-state index in [1.54, 1.807) is 7.11 Å². The van der Waals surface area contributed by atoms with Gasteiger partial charge >= 0.3 is 0 Å². The molecule has 1 heterocycles. The summed E-state index contributed by atoms with van der Waals surface area (Å²) >= 11 is 6.53. The molecule has 3 N–H and O–H groups in total. The lowest BCUT2D eigenvalue weighted by Crippen LogP contribution is -2.53. The Hall–Kier alpha value is -2.86. The van der Waals surface area contributed by atoms with Gasteiger partial charge in [-0.3, -0.25) is 9.69 Å². The first-order chi connectivity index (χ1) is 18.1. The number of nitrogens with zero attached hydrogens (tertiary/aromatic N) is 1. The monoisotopic (exact) mass is 533 g/mol. The molecule has 3 aromatic carbocycles. The van der Waals surface area contributed by atoms with Crippen LogP contribution >= 0.6 is 11.6 Å². The lowest BCUT2D eigenvalue weighted by molar-refractivity contribution is -0.129. The Morgan fingerprint density at radius 3 is 2.32 bits per heavy atom. The molecular formula is C32H40ClN3O2. The minimum Gasteiger partial charge on any atom is -0.497 e. The molecule has 0 spiro atoms. The van der Waals surface area contributed by atoms with Crippen LogP contribution in [0.15, 0.2) is 72.8 Å². The van der Waals surface area contributed by atoms with Crippen molar-refractivity contribution in [1.29, 1.82) is 0 Å². The molecular weight excluding hydrogens is 494 g/mol. The van der Waals surface area contributed by atoms with Gasteiger partial charge in [0.25, 0.3) is 0 Å². The van der Waals surface area contributed by atoms with Crippen molar-refractivity contribution in [2.45, 2.75) is 70.1 Å². The molecule has 0 aromatic heterocycles. The number of ether oxygens (including phenoxy) is 1. The first kappa shape index (κ1) is 28.2. The highest BCUT2D eigenvalue weighted by molar-refractivity contribution is 6.31. The molecule has 1 fully saturated rings. The largest absolute Gasteiger partial charge is 0.497 e. The molecule has 6 heteroatoms. The summed E-state index contributed by atoms with van der Waals surface area (Å²) in [6, 6.07) is 24.8. The van der Waals surface area contributed by atoms with Crippen LogP contribution in [-0.4, -0.2) is 36.0 Å². The van der Waals surface area contributed by atoms with E-state index in [-0.39, 0.29) is 17.4 Å². The number of hydrogen-bond acceptors (Lipinski definition) is 4. The number of halogens is 1. The molecule has 0 aliphatic carbocycles. The second kappa shape index (κ2) is 11.9. The average Bonchev–Trinajstić information content (AvgIpc) is 3.26. The first-order valence-electron chi connectivity index (χ1n) is 13.3. The summed E-state index contributed by atoms with van der Waals surface area (Å²) in [6.45, 7) is 8.65. The van der Waals surface area contributed by atoms with Crippen LogP contribution in [0.25, 0.3) is 0 Å². The van der Waals surface area contributed by atoms with Gasteiger partial charge in [-0.1, -0.05) is 87.0 Å². The number of carbonyl (C=O) groups excluding carboxylic acids is 1. The van der Waals surface area contributed by atoms with Crippen molar-refractivity contribution < 1.29 is 9.53 Å². The van der Waals surface area contributed by atoms with Crippen LogP contribution in [0.5, 0.6) is 5.75 Å². The number of carbonyl (C=O) groups is 1. The van der Waals surface area contributed by atoms with E-state index >= 15 is 0 Å². The third-order valence-electron chi connectivity index (χ3n) is 7.81. The Labute approximate surface area is 232 Å². The predicted molar refractivity (Wildman–Crippen MR) is 155 cm³/mol. The minimum atomic E-state index is -0.764. The summed E-state index contributed by atoms with van der Waals surface area (Å²) in [5, 5.41) is 4.38. The van der Waals surface area contributed by atoms with Gasteiger partial charge in [0.05, 0.1) is 7.11 Å². The fourth-order valence-electron chi connectivity index (χ4n) is 5.39. The number of amides is 1. The topological polar surface area (TPSA) is 67.6 Å². The molecule has 1 saturated heterocycles. The minimum absolute atomic E-state index is 0.104. The second-order valence-electron chi connectivity index (χ2n) is 11.4. The number of nitrogens with two attached hydrogens (primary N) is 1. The Kier molecular flexibility index (Phi) is 8.81. The summed E-state index contributed by atoms with van der Waals surface area (Å²) in [7, 11) is 1.67. The number of hydrogen-bond donors (Lipinski definition) is 2. The molecule has 0 radical (unpaired) electrons. The molecule has 1 aliphatic heterocycles. The third-order valence-corrected chi connectivity index (χ3v) is 8.18. The predicted octanol–water partition coefficient (Wildman–Crippen LogP) is 5.87. The fourth-order valence-corrected chi connectivity index (χ4v) is 5.59. The highest BCUT2D eigenvalue weighted by Gasteiger charge is 2.49. The van der Waals surface area contributed by atoms with Gasteiger partial charge < -0.3 is 15.8 Å². The van der Waals surface area contributed by atoms with Gasteiger partial charge in [-0.15, -0.1) is 0 Å². The number of primary amides is 1. The van der Waals surface area contributed by atoms with Gasteiger partial charge in [0.15, 0.2) is 0 Å². The molecule has 3 aromatic rings. The fraction of sp³-hybridized carbons (Fsp3) is 0.406. The zero-order chi connectivity index (χ0) is 27.3. The molecule has 202 valence electrons. The average molecular weight is 534 g/mol.